The summed E-state index contributed by atoms with van der Waals surface area (Å²) in [5.74, 6) is 0. The van der Waals surface area contributed by atoms with Gasteiger partial charge in [-0.25, -0.2) is 9.97 Å². The van der Waals surface area contributed by atoms with Gasteiger partial charge in [0.15, 0.2) is 11.3 Å². The second kappa shape index (κ2) is 6.74. The lowest BCUT2D eigenvalue weighted by atomic mass is 10.1. The van der Waals surface area contributed by atoms with Gasteiger partial charge in [-0.15, -0.1) is 0 Å². The van der Waals surface area contributed by atoms with Crippen LogP contribution in [0.15, 0.2) is 115 Å². The number of benzene rings is 5. The van der Waals surface area contributed by atoms with Crippen LogP contribution in [0.3, 0.4) is 0 Å². The van der Waals surface area contributed by atoms with Crippen LogP contribution in [0.25, 0.3) is 71.7 Å². The highest BCUT2D eigenvalue weighted by Crippen LogP contribution is 2.35. The summed E-state index contributed by atoms with van der Waals surface area (Å²) >= 11 is 0. The number of fused-ring (bicyclic) bond motifs is 14. The van der Waals surface area contributed by atoms with Crippen molar-refractivity contribution in [3.63, 3.8) is 0 Å². The number of rotatable bonds is 0. The lowest BCUT2D eigenvalue weighted by molar-refractivity contribution is 1.25. The highest BCUT2D eigenvalue weighted by molar-refractivity contribution is 6.15. The number of hydrogen-bond acceptors (Lipinski definition) is 2. The fourth-order valence-electron chi connectivity index (χ4n) is 6.11. The Morgan fingerprint density at radius 2 is 0.811 bits per heavy atom. The van der Waals surface area contributed by atoms with E-state index in [1.807, 2.05) is 12.1 Å². The van der Waals surface area contributed by atoms with E-state index >= 15 is 0 Å². The van der Waals surface area contributed by atoms with E-state index in [1.165, 1.54) is 16.3 Å². The first-order valence-corrected chi connectivity index (χ1v) is 12.5. The summed E-state index contributed by atoms with van der Waals surface area (Å²) in [6.45, 7) is 0. The SMILES string of the molecule is c1ccc2c(c1)nc1c3nc4ccccc4n3c3cccc4c5ccccc5n(c5ccccc5n21)c43. The van der Waals surface area contributed by atoms with E-state index in [0.717, 1.165) is 55.4 Å². The maximum absolute atomic E-state index is 5.19. The van der Waals surface area contributed by atoms with Crippen molar-refractivity contribution in [2.45, 2.75) is 0 Å². The minimum absolute atomic E-state index is 0.830. The number of nitrogens with zero attached hydrogens (tertiary/aromatic N) is 5. The van der Waals surface area contributed by atoms with Crippen LogP contribution in [0, 0.1) is 0 Å². The van der Waals surface area contributed by atoms with Gasteiger partial charge in [-0.1, -0.05) is 66.7 Å². The van der Waals surface area contributed by atoms with Gasteiger partial charge in [-0.2, -0.15) is 0 Å². The van der Waals surface area contributed by atoms with Crippen molar-refractivity contribution >= 4 is 71.7 Å². The van der Waals surface area contributed by atoms with E-state index in [-0.39, 0.29) is 0 Å². The van der Waals surface area contributed by atoms with Crippen LogP contribution >= 0.6 is 0 Å². The number of imidazole rings is 2. The second-order valence-electron chi connectivity index (χ2n) is 9.53. The van der Waals surface area contributed by atoms with Crippen molar-refractivity contribution in [1.29, 1.82) is 0 Å². The molecule has 0 aliphatic carbocycles. The molecule has 9 aromatic rings. The molecule has 0 N–H and O–H groups in total. The van der Waals surface area contributed by atoms with Gasteiger partial charge in [-0.05, 0) is 48.5 Å². The molecule has 4 aromatic heterocycles. The van der Waals surface area contributed by atoms with Crippen LogP contribution in [0.1, 0.15) is 0 Å². The Hall–Kier alpha value is -5.16. The molecule has 0 unspecified atom stereocenters. The number of hydrogen-bond donors (Lipinski definition) is 0. The Morgan fingerprint density at radius 3 is 1.49 bits per heavy atom. The minimum Gasteiger partial charge on any atom is -0.305 e. The van der Waals surface area contributed by atoms with Crippen molar-refractivity contribution in [3.8, 4) is 0 Å². The van der Waals surface area contributed by atoms with E-state index < -0.39 is 0 Å². The molecular formula is C32H19N5. The third-order valence-corrected chi connectivity index (χ3v) is 7.60. The smallest absolute Gasteiger partial charge is 0.182 e. The van der Waals surface area contributed by atoms with Crippen LogP contribution < -0.4 is 0 Å². The third-order valence-electron chi connectivity index (χ3n) is 7.60. The number of para-hydroxylation sites is 8. The largest absolute Gasteiger partial charge is 0.305 e. The molecule has 0 fully saturated rings. The molecule has 0 bridgehead atoms. The number of aromatic nitrogens is 5. The first-order chi connectivity index (χ1) is 18.4. The van der Waals surface area contributed by atoms with Crippen LogP contribution in [-0.4, -0.2) is 23.2 Å². The summed E-state index contributed by atoms with van der Waals surface area (Å²) in [5, 5.41) is 2.45. The molecule has 5 aromatic carbocycles. The van der Waals surface area contributed by atoms with Crippen LogP contribution in [-0.2, 0) is 0 Å². The summed E-state index contributed by atoms with van der Waals surface area (Å²) in [6.07, 6.45) is 0. The van der Waals surface area contributed by atoms with Gasteiger partial charge in [0, 0.05) is 10.8 Å². The van der Waals surface area contributed by atoms with E-state index in [4.69, 9.17) is 9.97 Å². The van der Waals surface area contributed by atoms with Gasteiger partial charge >= 0.3 is 0 Å². The maximum atomic E-state index is 5.19. The molecule has 5 nitrogen and oxygen atoms in total. The van der Waals surface area contributed by atoms with Crippen LogP contribution in [0.2, 0.25) is 0 Å². The van der Waals surface area contributed by atoms with E-state index in [0.29, 0.717) is 0 Å². The van der Waals surface area contributed by atoms with Gasteiger partial charge in [0.05, 0.1) is 49.7 Å². The summed E-state index contributed by atoms with van der Waals surface area (Å²) in [6, 6.07) is 40.6. The fourth-order valence-corrected chi connectivity index (χ4v) is 6.11. The molecule has 0 atom stereocenters. The molecule has 0 saturated carbocycles. The van der Waals surface area contributed by atoms with Gasteiger partial charge < -0.3 is 4.40 Å². The highest BCUT2D eigenvalue weighted by atomic mass is 15.1. The standard InChI is InChI=1S/C32H19N5/c1-4-14-24-20(10-1)21-11-9-19-29-30(21)35(24)27-17-7-8-18-28(27)36-25-15-5-2-12-22(25)33-31(36)32-34-23-13-3-6-16-26(23)37(29)32/h1-19H. The highest BCUT2D eigenvalue weighted by Gasteiger charge is 2.18. The first-order valence-electron chi connectivity index (χ1n) is 12.5. The molecule has 9 rings (SSSR count). The molecule has 0 saturated heterocycles. The van der Waals surface area contributed by atoms with Crippen molar-refractivity contribution in [2.24, 2.45) is 0 Å². The zero-order chi connectivity index (χ0) is 24.1. The van der Waals surface area contributed by atoms with Crippen molar-refractivity contribution in [3.05, 3.63) is 115 Å². The molecule has 5 heteroatoms. The van der Waals surface area contributed by atoms with Gasteiger partial charge in [-0.3, -0.25) is 8.80 Å². The predicted octanol–water partition coefficient (Wildman–Crippen LogP) is 7.56. The molecule has 0 aliphatic heterocycles. The van der Waals surface area contributed by atoms with E-state index in [2.05, 4.69) is 116 Å². The molecule has 0 aliphatic rings. The zero-order valence-corrected chi connectivity index (χ0v) is 19.7. The Morgan fingerprint density at radius 1 is 0.351 bits per heavy atom. The summed E-state index contributed by atoms with van der Waals surface area (Å²) < 4.78 is 6.98. The average Bonchev–Trinajstić information content (AvgIpc) is 3.62. The molecule has 0 radical (unpaired) electrons. The monoisotopic (exact) mass is 473 g/mol. The molecular weight excluding hydrogens is 454 g/mol. The van der Waals surface area contributed by atoms with E-state index in [1.54, 1.807) is 0 Å². The average molecular weight is 474 g/mol. The van der Waals surface area contributed by atoms with Crippen LogP contribution in [0.5, 0.6) is 0 Å². The zero-order valence-electron chi connectivity index (χ0n) is 19.7. The Balaban J connectivity index is 1.81. The van der Waals surface area contributed by atoms with Gasteiger partial charge in [0.1, 0.15) is 0 Å². The Labute approximate surface area is 210 Å². The predicted molar refractivity (Wildman–Crippen MR) is 151 cm³/mol. The summed E-state index contributed by atoms with van der Waals surface area (Å²) in [7, 11) is 0. The van der Waals surface area contributed by atoms with Crippen molar-refractivity contribution < 1.29 is 0 Å². The van der Waals surface area contributed by atoms with Gasteiger partial charge in [0.25, 0.3) is 0 Å². The van der Waals surface area contributed by atoms with E-state index in [9.17, 15) is 0 Å². The maximum Gasteiger partial charge on any atom is 0.182 e. The van der Waals surface area contributed by atoms with Crippen molar-refractivity contribution in [1.82, 2.24) is 23.2 Å². The molecule has 0 amide bonds. The first kappa shape index (κ1) is 19.1. The van der Waals surface area contributed by atoms with Crippen molar-refractivity contribution in [2.75, 3.05) is 0 Å². The minimum atomic E-state index is 0.830. The normalized spacial score (nSPS) is 12.3. The lowest BCUT2D eigenvalue weighted by Crippen LogP contribution is -1.90. The molecule has 172 valence electrons. The molecule has 37 heavy (non-hydrogen) atoms. The van der Waals surface area contributed by atoms with Crippen LogP contribution in [0.4, 0.5) is 0 Å². The van der Waals surface area contributed by atoms with Gasteiger partial charge in [0.2, 0.25) is 0 Å². The molecule has 0 spiro atoms. The fraction of sp³-hybridized carbons (Fsp3) is 0. The third kappa shape index (κ3) is 2.33. The molecule has 4 heterocycles. The summed E-state index contributed by atoms with van der Waals surface area (Å²) in [4.78, 5) is 10.4. The summed E-state index contributed by atoms with van der Waals surface area (Å²) in [5.41, 5.74) is 11.3. The quantitative estimate of drug-likeness (QED) is 0.228. The Kier molecular flexibility index (Phi) is 3.47. The lowest BCUT2D eigenvalue weighted by Gasteiger charge is -2.04. The Bertz CT molecular complexity index is 2420. The topological polar surface area (TPSA) is 39.0 Å². The second-order valence-corrected chi connectivity index (χ2v) is 9.53.